The highest BCUT2D eigenvalue weighted by molar-refractivity contribution is 9.10. The van der Waals surface area contributed by atoms with Crippen molar-refractivity contribution in [2.75, 3.05) is 13.1 Å². The van der Waals surface area contributed by atoms with Gasteiger partial charge in [0.05, 0.1) is 10.9 Å². The Bertz CT molecular complexity index is 927. The van der Waals surface area contributed by atoms with Crippen molar-refractivity contribution in [3.63, 3.8) is 0 Å². The summed E-state index contributed by atoms with van der Waals surface area (Å²) in [5.41, 5.74) is 1.18. The molecule has 0 saturated carbocycles. The molecule has 3 atom stereocenters. The van der Waals surface area contributed by atoms with E-state index in [1.54, 1.807) is 4.52 Å². The first-order chi connectivity index (χ1) is 12.4. The summed E-state index contributed by atoms with van der Waals surface area (Å²) in [6.07, 6.45) is 1.25. The van der Waals surface area contributed by atoms with Gasteiger partial charge in [0.2, 0.25) is 10.8 Å². The average molecular weight is 435 g/mol. The molecular formula is C19H23BrN4OS. The predicted molar refractivity (Wildman–Crippen MR) is 108 cm³/mol. The Balaban J connectivity index is 1.84. The van der Waals surface area contributed by atoms with E-state index in [0.717, 1.165) is 27.4 Å². The highest BCUT2D eigenvalue weighted by atomic mass is 79.9. The van der Waals surface area contributed by atoms with Crippen LogP contribution in [0.5, 0.6) is 5.88 Å². The van der Waals surface area contributed by atoms with Gasteiger partial charge in [-0.05, 0) is 42.9 Å². The fraction of sp³-hybridized carbons (Fsp3) is 0.474. The summed E-state index contributed by atoms with van der Waals surface area (Å²) in [7, 11) is 0. The van der Waals surface area contributed by atoms with Crippen LogP contribution < -0.4 is 0 Å². The highest BCUT2D eigenvalue weighted by Crippen LogP contribution is 2.42. The summed E-state index contributed by atoms with van der Waals surface area (Å²) >= 11 is 5.13. The summed E-state index contributed by atoms with van der Waals surface area (Å²) < 4.78 is 2.62. The van der Waals surface area contributed by atoms with Crippen molar-refractivity contribution in [3.8, 4) is 5.88 Å². The fourth-order valence-corrected chi connectivity index (χ4v) is 5.73. The van der Waals surface area contributed by atoms with Gasteiger partial charge in [0.25, 0.3) is 0 Å². The monoisotopic (exact) mass is 434 g/mol. The van der Waals surface area contributed by atoms with Gasteiger partial charge in [-0.25, -0.2) is 4.98 Å². The largest absolute Gasteiger partial charge is 0.492 e. The molecule has 5 nitrogen and oxygen atoms in total. The molecule has 1 saturated heterocycles. The smallest absolute Gasteiger partial charge is 0.230 e. The number of piperidine rings is 1. The molecule has 4 rings (SSSR count). The molecule has 1 fully saturated rings. The molecule has 0 unspecified atom stereocenters. The Morgan fingerprint density at radius 1 is 1.27 bits per heavy atom. The zero-order chi connectivity index (χ0) is 18.4. The summed E-state index contributed by atoms with van der Waals surface area (Å²) in [6, 6.07) is 8.39. The van der Waals surface area contributed by atoms with Crippen LogP contribution in [-0.2, 0) is 0 Å². The number of aromatic nitrogens is 3. The lowest BCUT2D eigenvalue weighted by Gasteiger charge is -2.40. The van der Waals surface area contributed by atoms with Crippen molar-refractivity contribution in [2.45, 2.75) is 33.2 Å². The van der Waals surface area contributed by atoms with E-state index in [1.165, 1.54) is 23.3 Å². The van der Waals surface area contributed by atoms with Crippen LogP contribution in [0.3, 0.4) is 0 Å². The Morgan fingerprint density at radius 2 is 2.00 bits per heavy atom. The number of nitrogens with zero attached hydrogens (tertiary/aromatic N) is 4. The number of fused-ring (bicyclic) bond motifs is 1. The maximum Gasteiger partial charge on any atom is 0.230 e. The molecule has 0 radical (unpaired) electrons. The first-order valence-corrected chi connectivity index (χ1v) is 10.6. The predicted octanol–water partition coefficient (Wildman–Crippen LogP) is 4.63. The van der Waals surface area contributed by atoms with E-state index in [2.05, 4.69) is 63.0 Å². The molecule has 0 bridgehead atoms. The minimum atomic E-state index is 0.00602. The second-order valence-corrected chi connectivity index (χ2v) is 9.43. The molecule has 2 aromatic heterocycles. The van der Waals surface area contributed by atoms with Gasteiger partial charge < -0.3 is 5.11 Å². The molecule has 3 heterocycles. The summed E-state index contributed by atoms with van der Waals surface area (Å²) in [5.74, 6) is 2.17. The van der Waals surface area contributed by atoms with Crippen molar-refractivity contribution in [2.24, 2.45) is 11.8 Å². The van der Waals surface area contributed by atoms with E-state index in [-0.39, 0.29) is 11.9 Å². The number of hydrogen-bond donors (Lipinski definition) is 1. The number of rotatable bonds is 3. The van der Waals surface area contributed by atoms with Gasteiger partial charge in [-0.1, -0.05) is 53.2 Å². The van der Waals surface area contributed by atoms with Gasteiger partial charge in [0, 0.05) is 17.6 Å². The van der Waals surface area contributed by atoms with E-state index in [9.17, 15) is 5.11 Å². The molecule has 0 spiro atoms. The molecule has 7 heteroatoms. The van der Waals surface area contributed by atoms with Crippen LogP contribution in [0.4, 0.5) is 0 Å². The number of halogens is 1. The standard InChI is InChI=1S/C19H23BrN4OS/c1-11-7-12(2)10-23(9-11)16(14-5-4-6-15(20)8-14)17-18(25)24-19(26-17)21-13(3)22-24/h4-6,8,11-12,16,25H,7,9-10H2,1-3H3/t11-,12-,16+/m0/s1. The van der Waals surface area contributed by atoms with Crippen LogP contribution in [-0.4, -0.2) is 37.7 Å². The van der Waals surface area contributed by atoms with Crippen molar-refractivity contribution in [3.05, 3.63) is 45.0 Å². The Hall–Kier alpha value is -1.44. The van der Waals surface area contributed by atoms with E-state index < -0.39 is 0 Å². The number of likely N-dealkylation sites (tertiary alicyclic amines) is 1. The number of aromatic hydroxyl groups is 1. The molecule has 1 aliphatic rings. The van der Waals surface area contributed by atoms with Gasteiger partial charge >= 0.3 is 0 Å². The van der Waals surface area contributed by atoms with E-state index in [4.69, 9.17) is 0 Å². The fourth-order valence-electron chi connectivity index (χ4n) is 4.15. The summed E-state index contributed by atoms with van der Waals surface area (Å²) in [5, 5.41) is 15.2. The number of thiazole rings is 1. The zero-order valence-electron chi connectivity index (χ0n) is 15.2. The molecule has 0 amide bonds. The molecule has 1 N–H and O–H groups in total. The maximum atomic E-state index is 10.9. The zero-order valence-corrected chi connectivity index (χ0v) is 17.6. The number of benzene rings is 1. The third-order valence-electron chi connectivity index (χ3n) is 4.98. The Labute approximate surface area is 165 Å². The minimum Gasteiger partial charge on any atom is -0.492 e. The molecule has 1 aromatic carbocycles. The average Bonchev–Trinajstić information content (AvgIpc) is 3.05. The molecule has 138 valence electrons. The Morgan fingerprint density at radius 3 is 2.65 bits per heavy atom. The molecule has 0 aliphatic carbocycles. The third kappa shape index (κ3) is 3.28. The van der Waals surface area contributed by atoms with E-state index in [0.29, 0.717) is 17.7 Å². The van der Waals surface area contributed by atoms with Crippen molar-refractivity contribution < 1.29 is 5.11 Å². The summed E-state index contributed by atoms with van der Waals surface area (Å²) in [4.78, 5) is 8.60. The minimum absolute atomic E-state index is 0.00602. The second kappa shape index (κ2) is 6.94. The quantitative estimate of drug-likeness (QED) is 0.652. The van der Waals surface area contributed by atoms with Crippen LogP contribution in [0.15, 0.2) is 28.7 Å². The van der Waals surface area contributed by atoms with E-state index in [1.807, 2.05) is 13.0 Å². The second-order valence-electron chi connectivity index (χ2n) is 7.50. The topological polar surface area (TPSA) is 53.7 Å². The van der Waals surface area contributed by atoms with Crippen LogP contribution in [0.25, 0.3) is 4.96 Å². The first-order valence-electron chi connectivity index (χ1n) is 8.97. The third-order valence-corrected chi connectivity index (χ3v) is 6.55. The Kier molecular flexibility index (Phi) is 4.79. The van der Waals surface area contributed by atoms with Crippen molar-refractivity contribution in [1.82, 2.24) is 19.5 Å². The normalized spacial score (nSPS) is 22.8. The summed E-state index contributed by atoms with van der Waals surface area (Å²) in [6.45, 7) is 8.51. The van der Waals surface area contributed by atoms with Crippen molar-refractivity contribution in [1.29, 1.82) is 0 Å². The molecule has 3 aromatic rings. The lowest BCUT2D eigenvalue weighted by molar-refractivity contribution is 0.112. The number of hydrogen-bond acceptors (Lipinski definition) is 5. The van der Waals surface area contributed by atoms with Gasteiger partial charge in [0.1, 0.15) is 5.82 Å². The molecule has 26 heavy (non-hydrogen) atoms. The molecular weight excluding hydrogens is 412 g/mol. The van der Waals surface area contributed by atoms with Crippen LogP contribution in [0.1, 0.15) is 42.6 Å². The lowest BCUT2D eigenvalue weighted by Crippen LogP contribution is -2.41. The van der Waals surface area contributed by atoms with Crippen molar-refractivity contribution >= 4 is 32.2 Å². The van der Waals surface area contributed by atoms with Gasteiger partial charge in [-0.15, -0.1) is 5.10 Å². The highest BCUT2D eigenvalue weighted by Gasteiger charge is 2.33. The van der Waals surface area contributed by atoms with Gasteiger partial charge in [-0.2, -0.15) is 4.52 Å². The SMILES string of the molecule is Cc1nc2sc([C@@H](c3cccc(Br)c3)N3C[C@@H](C)C[C@H](C)C3)c(O)n2n1. The van der Waals surface area contributed by atoms with Crippen LogP contribution in [0.2, 0.25) is 0 Å². The van der Waals surface area contributed by atoms with Gasteiger partial charge in [-0.3, -0.25) is 4.90 Å². The molecule has 1 aliphatic heterocycles. The van der Waals surface area contributed by atoms with Crippen LogP contribution >= 0.6 is 27.3 Å². The maximum absolute atomic E-state index is 10.9. The lowest BCUT2D eigenvalue weighted by atomic mass is 9.89. The number of aryl methyl sites for hydroxylation is 1. The van der Waals surface area contributed by atoms with E-state index >= 15 is 0 Å². The van der Waals surface area contributed by atoms with Gasteiger partial charge in [0.15, 0.2) is 0 Å². The first kappa shape index (κ1) is 17.9. The van der Waals surface area contributed by atoms with Crippen LogP contribution in [0, 0.1) is 18.8 Å².